The third kappa shape index (κ3) is 3.18. The van der Waals surface area contributed by atoms with Gasteiger partial charge in [0, 0.05) is 0 Å². The molecule has 0 N–H and O–H groups in total. The molecule has 0 nitrogen and oxygen atoms in total. The van der Waals surface area contributed by atoms with Crippen molar-refractivity contribution in [1.29, 1.82) is 0 Å². The fourth-order valence-corrected chi connectivity index (χ4v) is 2.96. The van der Waals surface area contributed by atoms with Crippen molar-refractivity contribution in [2.24, 2.45) is 0 Å². The maximum Gasteiger partial charge on any atom is -0.0149 e. The highest BCUT2D eigenvalue weighted by molar-refractivity contribution is 5.87. The van der Waals surface area contributed by atoms with Crippen LogP contribution in [-0.2, 0) is 12.8 Å². The minimum Gasteiger partial charge on any atom is -0.0654 e. The molecule has 0 aliphatic heterocycles. The molecular weight excluding hydrogens is 228 g/mol. The first-order chi connectivity index (χ1) is 9.27. The molecule has 19 heavy (non-hydrogen) atoms. The average Bonchev–Trinajstić information content (AvgIpc) is 2.43. The van der Waals surface area contributed by atoms with Gasteiger partial charge in [0.1, 0.15) is 0 Å². The van der Waals surface area contributed by atoms with E-state index in [0.717, 1.165) is 0 Å². The number of rotatable bonds is 6. The lowest BCUT2D eigenvalue weighted by Gasteiger charge is -2.16. The molecule has 0 fully saturated rings. The van der Waals surface area contributed by atoms with Crippen molar-refractivity contribution >= 4 is 10.8 Å². The topological polar surface area (TPSA) is 0 Å². The van der Waals surface area contributed by atoms with E-state index in [0.29, 0.717) is 0 Å². The molecule has 0 aliphatic rings. The van der Waals surface area contributed by atoms with Crippen molar-refractivity contribution in [2.45, 2.75) is 59.3 Å². The van der Waals surface area contributed by atoms with Crippen molar-refractivity contribution < 1.29 is 0 Å². The molecule has 2 aromatic rings. The summed E-state index contributed by atoms with van der Waals surface area (Å²) in [4.78, 5) is 0. The molecule has 0 saturated carbocycles. The Morgan fingerprint density at radius 3 is 2.16 bits per heavy atom. The van der Waals surface area contributed by atoms with E-state index >= 15 is 0 Å². The van der Waals surface area contributed by atoms with Crippen LogP contribution in [0.4, 0.5) is 0 Å². The number of benzene rings is 2. The Labute approximate surface area is 117 Å². The summed E-state index contributed by atoms with van der Waals surface area (Å²) >= 11 is 0. The van der Waals surface area contributed by atoms with E-state index in [9.17, 15) is 0 Å². The maximum atomic E-state index is 2.37. The molecule has 0 heteroatoms. The molecular formula is C19H26. The number of fused-ring (bicyclic) bond motifs is 1. The zero-order valence-electron chi connectivity index (χ0n) is 12.6. The summed E-state index contributed by atoms with van der Waals surface area (Å²) in [6.07, 6.45) is 7.63. The van der Waals surface area contributed by atoms with Crippen LogP contribution in [0.15, 0.2) is 30.3 Å². The molecule has 0 atom stereocenters. The Kier molecular flexibility index (Phi) is 5.01. The van der Waals surface area contributed by atoms with E-state index in [-0.39, 0.29) is 0 Å². The smallest absolute Gasteiger partial charge is 0.0149 e. The van der Waals surface area contributed by atoms with Gasteiger partial charge in [-0.1, -0.05) is 57.0 Å². The second-order valence-electron chi connectivity index (χ2n) is 5.58. The summed E-state index contributed by atoms with van der Waals surface area (Å²) in [5, 5.41) is 2.89. The highest BCUT2D eigenvalue weighted by atomic mass is 14.1. The van der Waals surface area contributed by atoms with Crippen LogP contribution in [-0.4, -0.2) is 0 Å². The third-order valence-electron chi connectivity index (χ3n) is 4.06. The molecule has 0 aliphatic carbocycles. The Balaban J connectivity index is 2.52. The van der Waals surface area contributed by atoms with Gasteiger partial charge in [-0.15, -0.1) is 0 Å². The van der Waals surface area contributed by atoms with Gasteiger partial charge in [0.25, 0.3) is 0 Å². The van der Waals surface area contributed by atoms with E-state index in [1.165, 1.54) is 54.9 Å². The third-order valence-corrected chi connectivity index (χ3v) is 4.06. The van der Waals surface area contributed by atoms with Crippen molar-refractivity contribution in [3.05, 3.63) is 47.0 Å². The zero-order valence-corrected chi connectivity index (χ0v) is 12.6. The van der Waals surface area contributed by atoms with Gasteiger partial charge in [-0.05, 0) is 60.1 Å². The Bertz CT molecular complexity index is 537. The lowest BCUT2D eigenvalue weighted by atomic mass is 9.89. The summed E-state index contributed by atoms with van der Waals surface area (Å²) in [6.45, 7) is 6.85. The first-order valence-corrected chi connectivity index (χ1v) is 7.78. The molecule has 0 unspecified atom stereocenters. The van der Waals surface area contributed by atoms with Crippen molar-refractivity contribution in [3.8, 4) is 0 Å². The largest absolute Gasteiger partial charge is 0.0654 e. The lowest BCUT2D eigenvalue weighted by Crippen LogP contribution is -2.00. The van der Waals surface area contributed by atoms with E-state index in [4.69, 9.17) is 0 Å². The summed E-state index contributed by atoms with van der Waals surface area (Å²) in [5.74, 6) is 0. The molecule has 2 rings (SSSR count). The summed E-state index contributed by atoms with van der Waals surface area (Å²) in [5.41, 5.74) is 4.72. The van der Waals surface area contributed by atoms with Crippen LogP contribution >= 0.6 is 0 Å². The van der Waals surface area contributed by atoms with E-state index in [2.05, 4.69) is 51.1 Å². The summed E-state index contributed by atoms with van der Waals surface area (Å²) < 4.78 is 0. The summed E-state index contributed by atoms with van der Waals surface area (Å²) in [6, 6.07) is 11.3. The highest BCUT2D eigenvalue weighted by Gasteiger charge is 2.10. The highest BCUT2D eigenvalue weighted by Crippen LogP contribution is 2.28. The van der Waals surface area contributed by atoms with Gasteiger partial charge in [0.05, 0.1) is 0 Å². The van der Waals surface area contributed by atoms with Gasteiger partial charge in [-0.2, -0.15) is 0 Å². The first kappa shape index (κ1) is 14.1. The Hall–Kier alpha value is -1.30. The standard InChI is InChI=1S/C19H26/c1-4-6-11-17-15(3)14-16-10-8-9-13-18(16)19(17)12-7-5-2/h8-10,13-14H,4-7,11-12H2,1-3H3. The normalized spacial score (nSPS) is 11.1. The molecule has 0 bridgehead atoms. The van der Waals surface area contributed by atoms with Crippen molar-refractivity contribution in [2.75, 3.05) is 0 Å². The Morgan fingerprint density at radius 2 is 1.47 bits per heavy atom. The van der Waals surface area contributed by atoms with Gasteiger partial charge >= 0.3 is 0 Å². The minimum atomic E-state index is 1.23. The van der Waals surface area contributed by atoms with E-state index < -0.39 is 0 Å². The zero-order chi connectivity index (χ0) is 13.7. The first-order valence-electron chi connectivity index (χ1n) is 7.78. The van der Waals surface area contributed by atoms with Gasteiger partial charge in [0.15, 0.2) is 0 Å². The van der Waals surface area contributed by atoms with E-state index in [1.54, 1.807) is 11.1 Å². The van der Waals surface area contributed by atoms with E-state index in [1.807, 2.05) is 0 Å². The van der Waals surface area contributed by atoms with Crippen molar-refractivity contribution in [3.63, 3.8) is 0 Å². The van der Waals surface area contributed by atoms with Gasteiger partial charge in [-0.3, -0.25) is 0 Å². The van der Waals surface area contributed by atoms with Gasteiger partial charge in [-0.25, -0.2) is 0 Å². The fourth-order valence-electron chi connectivity index (χ4n) is 2.96. The molecule has 0 heterocycles. The second kappa shape index (κ2) is 6.75. The fraction of sp³-hybridized carbons (Fsp3) is 0.474. The quantitative estimate of drug-likeness (QED) is 0.608. The summed E-state index contributed by atoms with van der Waals surface area (Å²) in [7, 11) is 0. The van der Waals surface area contributed by atoms with Crippen LogP contribution in [0.1, 0.15) is 56.2 Å². The number of hydrogen-bond acceptors (Lipinski definition) is 0. The molecule has 0 amide bonds. The molecule has 0 aromatic heterocycles. The lowest BCUT2D eigenvalue weighted by molar-refractivity contribution is 0.758. The van der Waals surface area contributed by atoms with Crippen LogP contribution in [0, 0.1) is 6.92 Å². The minimum absolute atomic E-state index is 1.23. The Morgan fingerprint density at radius 1 is 0.842 bits per heavy atom. The predicted octanol–water partition coefficient (Wildman–Crippen LogP) is 5.83. The second-order valence-corrected chi connectivity index (χ2v) is 5.58. The van der Waals surface area contributed by atoms with Crippen LogP contribution in [0.3, 0.4) is 0 Å². The van der Waals surface area contributed by atoms with Crippen LogP contribution in [0.2, 0.25) is 0 Å². The number of hydrogen-bond donors (Lipinski definition) is 0. The number of unbranched alkanes of at least 4 members (excludes halogenated alkanes) is 2. The van der Waals surface area contributed by atoms with Crippen LogP contribution in [0.25, 0.3) is 10.8 Å². The van der Waals surface area contributed by atoms with Gasteiger partial charge in [0.2, 0.25) is 0 Å². The molecule has 2 aromatic carbocycles. The molecule has 0 radical (unpaired) electrons. The molecule has 0 spiro atoms. The SMILES string of the molecule is CCCCc1c(C)cc2ccccc2c1CCCC. The molecule has 102 valence electrons. The number of aryl methyl sites for hydroxylation is 2. The predicted molar refractivity (Wildman–Crippen MR) is 85.9 cm³/mol. The van der Waals surface area contributed by atoms with Crippen LogP contribution < -0.4 is 0 Å². The molecule has 0 saturated heterocycles. The van der Waals surface area contributed by atoms with Gasteiger partial charge < -0.3 is 0 Å². The monoisotopic (exact) mass is 254 g/mol. The average molecular weight is 254 g/mol. The van der Waals surface area contributed by atoms with Crippen LogP contribution in [0.5, 0.6) is 0 Å². The maximum absolute atomic E-state index is 2.37. The van der Waals surface area contributed by atoms with Crippen molar-refractivity contribution in [1.82, 2.24) is 0 Å².